The summed E-state index contributed by atoms with van der Waals surface area (Å²) in [5.41, 5.74) is 2.47. The molecule has 2 amide bonds. The van der Waals surface area contributed by atoms with Crippen LogP contribution in [0.25, 0.3) is 0 Å². The molecule has 1 aliphatic heterocycles. The van der Waals surface area contributed by atoms with Gasteiger partial charge >= 0.3 is 12.0 Å². The van der Waals surface area contributed by atoms with Crippen molar-refractivity contribution in [3.8, 4) is 17.5 Å². The van der Waals surface area contributed by atoms with Gasteiger partial charge in [0.2, 0.25) is 6.79 Å². The summed E-state index contributed by atoms with van der Waals surface area (Å²) < 4.78 is 16.5. The lowest BCUT2D eigenvalue weighted by atomic mass is 9.93. The Morgan fingerprint density at radius 2 is 1.75 bits per heavy atom. The monoisotopic (exact) mass is 384 g/mol. The maximum Gasteiger partial charge on any atom is 0.319 e. The number of hydrogen-bond donors (Lipinski definition) is 2. The quantitative estimate of drug-likeness (QED) is 0.840. The number of ether oxygens (including phenoxy) is 3. The third-order valence-corrected chi connectivity index (χ3v) is 4.87. The second kappa shape index (κ2) is 7.92. The molecule has 4 rings (SSSR count). The Hall–Kier alpha value is -3.03. The summed E-state index contributed by atoms with van der Waals surface area (Å²) in [7, 11) is 0. The molecule has 148 valence electrons. The van der Waals surface area contributed by atoms with Gasteiger partial charge in [-0.05, 0) is 57.7 Å². The molecule has 8 heteroatoms. The number of nitrogens with one attached hydrogen (secondary N) is 2. The number of carbonyl (C=O) groups is 1. The lowest BCUT2D eigenvalue weighted by Gasteiger charge is -2.29. The molecule has 2 aromatic rings. The number of nitrogens with zero attached hydrogens (tertiary/aromatic N) is 2. The average Bonchev–Trinajstić information content (AvgIpc) is 3.10. The van der Waals surface area contributed by atoms with Gasteiger partial charge < -0.3 is 24.8 Å². The molecule has 1 aromatic carbocycles. The van der Waals surface area contributed by atoms with Crippen molar-refractivity contribution in [3.63, 3.8) is 0 Å². The number of amides is 2. The molecule has 2 heterocycles. The van der Waals surface area contributed by atoms with Gasteiger partial charge in [-0.1, -0.05) is 0 Å². The van der Waals surface area contributed by atoms with E-state index in [2.05, 4.69) is 20.6 Å². The molecule has 28 heavy (non-hydrogen) atoms. The van der Waals surface area contributed by atoms with Crippen LogP contribution in [0.1, 0.15) is 37.1 Å². The van der Waals surface area contributed by atoms with Crippen LogP contribution >= 0.6 is 0 Å². The van der Waals surface area contributed by atoms with Gasteiger partial charge in [0.05, 0.1) is 0 Å². The van der Waals surface area contributed by atoms with E-state index in [9.17, 15) is 4.79 Å². The van der Waals surface area contributed by atoms with Crippen molar-refractivity contribution < 1.29 is 19.0 Å². The van der Waals surface area contributed by atoms with Crippen molar-refractivity contribution in [2.45, 2.75) is 51.7 Å². The van der Waals surface area contributed by atoms with Crippen molar-refractivity contribution in [1.82, 2.24) is 15.3 Å². The highest BCUT2D eigenvalue weighted by atomic mass is 16.7. The van der Waals surface area contributed by atoms with E-state index in [1.54, 1.807) is 18.2 Å². The Morgan fingerprint density at radius 1 is 1.04 bits per heavy atom. The summed E-state index contributed by atoms with van der Waals surface area (Å²) >= 11 is 0. The Labute approximate surface area is 163 Å². The minimum atomic E-state index is -0.221. The first-order valence-corrected chi connectivity index (χ1v) is 9.51. The van der Waals surface area contributed by atoms with Gasteiger partial charge in [-0.2, -0.15) is 0 Å². The minimum Gasteiger partial charge on any atom is -0.460 e. The standard InChI is InChI=1S/C20H24N4O4/c1-12-9-13(2)22-20(21-12)28-16-6-3-14(4-7-16)23-19(25)24-15-5-8-17-18(10-15)27-11-26-17/h5,8-10,14,16H,3-4,6-7,11H2,1-2H3,(H2,23,24,25). The SMILES string of the molecule is Cc1cc(C)nc(OC2CCC(NC(=O)Nc3ccc4c(c3)OCO4)CC2)n1. The summed E-state index contributed by atoms with van der Waals surface area (Å²) in [5.74, 6) is 1.33. The number of aryl methyl sites for hydroxylation is 2. The Morgan fingerprint density at radius 3 is 2.50 bits per heavy atom. The van der Waals surface area contributed by atoms with Crippen molar-refractivity contribution >= 4 is 11.7 Å². The number of urea groups is 1. The van der Waals surface area contributed by atoms with Crippen molar-refractivity contribution in [1.29, 1.82) is 0 Å². The number of aromatic nitrogens is 2. The van der Waals surface area contributed by atoms with Crippen molar-refractivity contribution in [2.24, 2.45) is 0 Å². The minimum absolute atomic E-state index is 0.0798. The number of fused-ring (bicyclic) bond motifs is 1. The van der Waals surface area contributed by atoms with Crippen LogP contribution in [-0.4, -0.2) is 34.9 Å². The maximum absolute atomic E-state index is 12.3. The molecule has 0 radical (unpaired) electrons. The normalized spacial score (nSPS) is 20.5. The van der Waals surface area contributed by atoms with E-state index in [0.29, 0.717) is 23.2 Å². The fourth-order valence-electron chi connectivity index (χ4n) is 3.55. The van der Waals surface area contributed by atoms with Crippen molar-refractivity contribution in [2.75, 3.05) is 12.1 Å². The first-order chi connectivity index (χ1) is 13.5. The van der Waals surface area contributed by atoms with Gasteiger partial charge in [-0.15, -0.1) is 0 Å². The number of rotatable bonds is 4. The molecule has 1 saturated carbocycles. The molecular weight excluding hydrogens is 360 g/mol. The fourth-order valence-corrected chi connectivity index (χ4v) is 3.55. The Balaban J connectivity index is 1.24. The number of anilines is 1. The second-order valence-corrected chi connectivity index (χ2v) is 7.19. The van der Waals surface area contributed by atoms with Crippen LogP contribution < -0.4 is 24.8 Å². The van der Waals surface area contributed by atoms with Crippen LogP contribution in [0.4, 0.5) is 10.5 Å². The van der Waals surface area contributed by atoms with Crippen LogP contribution in [0.5, 0.6) is 17.5 Å². The van der Waals surface area contributed by atoms with Gasteiger partial charge in [0.1, 0.15) is 6.10 Å². The average molecular weight is 384 g/mol. The van der Waals surface area contributed by atoms with Crippen LogP contribution in [0, 0.1) is 13.8 Å². The van der Waals surface area contributed by atoms with Crippen LogP contribution in [0.2, 0.25) is 0 Å². The molecule has 0 saturated heterocycles. The van der Waals surface area contributed by atoms with E-state index < -0.39 is 0 Å². The smallest absolute Gasteiger partial charge is 0.319 e. The maximum atomic E-state index is 12.3. The molecule has 2 N–H and O–H groups in total. The highest BCUT2D eigenvalue weighted by molar-refractivity contribution is 5.89. The van der Waals surface area contributed by atoms with E-state index in [-0.39, 0.29) is 25.0 Å². The predicted octanol–water partition coefficient (Wildman–Crippen LogP) is 3.33. The molecule has 0 bridgehead atoms. The lowest BCUT2D eigenvalue weighted by Crippen LogP contribution is -2.41. The number of carbonyl (C=O) groups excluding carboxylic acids is 1. The molecule has 1 fully saturated rings. The Kier molecular flexibility index (Phi) is 5.18. The van der Waals surface area contributed by atoms with E-state index in [1.807, 2.05) is 19.9 Å². The van der Waals surface area contributed by atoms with E-state index in [1.165, 1.54) is 0 Å². The highest BCUT2D eigenvalue weighted by Crippen LogP contribution is 2.34. The molecule has 8 nitrogen and oxygen atoms in total. The zero-order valence-electron chi connectivity index (χ0n) is 16.0. The molecule has 0 atom stereocenters. The molecule has 1 aromatic heterocycles. The third-order valence-electron chi connectivity index (χ3n) is 4.87. The topological polar surface area (TPSA) is 94.6 Å². The van der Waals surface area contributed by atoms with Gasteiger partial charge in [-0.25, -0.2) is 14.8 Å². The van der Waals surface area contributed by atoms with E-state index >= 15 is 0 Å². The highest BCUT2D eigenvalue weighted by Gasteiger charge is 2.24. The molecule has 1 aliphatic carbocycles. The molecule has 2 aliphatic rings. The molecule has 0 unspecified atom stereocenters. The predicted molar refractivity (Wildman–Crippen MR) is 103 cm³/mol. The number of hydrogen-bond acceptors (Lipinski definition) is 6. The van der Waals surface area contributed by atoms with Gasteiger partial charge in [-0.3, -0.25) is 0 Å². The van der Waals surface area contributed by atoms with Gasteiger partial charge in [0.15, 0.2) is 11.5 Å². The van der Waals surface area contributed by atoms with Crippen LogP contribution in [0.3, 0.4) is 0 Å². The summed E-state index contributed by atoms with van der Waals surface area (Å²) in [6.07, 6.45) is 3.49. The molecular formula is C20H24N4O4. The van der Waals surface area contributed by atoms with E-state index in [4.69, 9.17) is 14.2 Å². The summed E-state index contributed by atoms with van der Waals surface area (Å²) in [5, 5.41) is 5.87. The van der Waals surface area contributed by atoms with Crippen LogP contribution in [0.15, 0.2) is 24.3 Å². The zero-order valence-corrected chi connectivity index (χ0v) is 16.0. The Bertz CT molecular complexity index is 845. The van der Waals surface area contributed by atoms with Gasteiger partial charge in [0, 0.05) is 29.2 Å². The second-order valence-electron chi connectivity index (χ2n) is 7.19. The molecule has 0 spiro atoms. The summed E-state index contributed by atoms with van der Waals surface area (Å²) in [4.78, 5) is 21.0. The summed E-state index contributed by atoms with van der Waals surface area (Å²) in [6, 6.07) is 7.60. The zero-order chi connectivity index (χ0) is 19.5. The fraction of sp³-hybridized carbons (Fsp3) is 0.450. The van der Waals surface area contributed by atoms with Gasteiger partial charge in [0.25, 0.3) is 0 Å². The lowest BCUT2D eigenvalue weighted by molar-refractivity contribution is 0.129. The number of benzene rings is 1. The first kappa shape index (κ1) is 18.3. The first-order valence-electron chi connectivity index (χ1n) is 9.51. The largest absolute Gasteiger partial charge is 0.460 e. The summed E-state index contributed by atoms with van der Waals surface area (Å²) in [6.45, 7) is 4.08. The van der Waals surface area contributed by atoms with Crippen LogP contribution in [-0.2, 0) is 0 Å². The van der Waals surface area contributed by atoms with Crippen molar-refractivity contribution in [3.05, 3.63) is 35.7 Å². The third kappa shape index (κ3) is 4.44. The van der Waals surface area contributed by atoms with E-state index in [0.717, 1.165) is 37.1 Å².